The lowest BCUT2D eigenvalue weighted by atomic mass is 10.4. The second-order valence-electron chi connectivity index (χ2n) is 2.50. The SMILES string of the molecule is Cc1c(N)ncnc1Sc1ncns1. The molecule has 0 saturated heterocycles. The summed E-state index contributed by atoms with van der Waals surface area (Å²) in [5, 5.41) is 0.828. The molecule has 0 unspecified atom stereocenters. The van der Waals surface area contributed by atoms with Gasteiger partial charge in [0.1, 0.15) is 23.5 Å². The van der Waals surface area contributed by atoms with Gasteiger partial charge in [-0.15, -0.1) is 0 Å². The lowest BCUT2D eigenvalue weighted by Gasteiger charge is -2.02. The van der Waals surface area contributed by atoms with Crippen LogP contribution in [-0.2, 0) is 0 Å². The van der Waals surface area contributed by atoms with Crippen LogP contribution in [-0.4, -0.2) is 19.3 Å². The summed E-state index contributed by atoms with van der Waals surface area (Å²) >= 11 is 2.78. The summed E-state index contributed by atoms with van der Waals surface area (Å²) in [6.07, 6.45) is 2.97. The fourth-order valence-electron chi connectivity index (χ4n) is 0.840. The van der Waals surface area contributed by atoms with Crippen molar-refractivity contribution >= 4 is 29.1 Å². The summed E-state index contributed by atoms with van der Waals surface area (Å²) in [7, 11) is 0. The lowest BCUT2D eigenvalue weighted by molar-refractivity contribution is 1.01. The van der Waals surface area contributed by atoms with E-state index in [4.69, 9.17) is 5.73 Å². The standard InChI is InChI=1S/C7H7N5S2/c1-4-5(8)9-2-10-6(4)13-7-11-3-12-14-7/h2-3H,1H3,(H2,8,9,10). The van der Waals surface area contributed by atoms with Crippen molar-refractivity contribution in [3.63, 3.8) is 0 Å². The molecule has 0 aliphatic rings. The van der Waals surface area contributed by atoms with Gasteiger partial charge in [-0.25, -0.2) is 15.0 Å². The minimum atomic E-state index is 0.506. The number of nitrogens with two attached hydrogens (primary N) is 1. The number of aromatic nitrogens is 4. The van der Waals surface area contributed by atoms with Crippen molar-refractivity contribution in [1.29, 1.82) is 0 Å². The van der Waals surface area contributed by atoms with E-state index in [1.54, 1.807) is 0 Å². The van der Waals surface area contributed by atoms with Crippen molar-refractivity contribution in [3.8, 4) is 0 Å². The average Bonchev–Trinajstić information content (AvgIpc) is 2.66. The quantitative estimate of drug-likeness (QED) is 0.778. The fourth-order valence-corrected chi connectivity index (χ4v) is 2.26. The molecular weight excluding hydrogens is 218 g/mol. The van der Waals surface area contributed by atoms with Crippen molar-refractivity contribution in [1.82, 2.24) is 19.3 Å². The number of nitrogen functional groups attached to an aromatic ring is 1. The highest BCUT2D eigenvalue weighted by atomic mass is 32.2. The molecule has 2 rings (SSSR count). The van der Waals surface area contributed by atoms with E-state index in [-0.39, 0.29) is 0 Å². The first kappa shape index (κ1) is 9.35. The zero-order chi connectivity index (χ0) is 9.97. The zero-order valence-corrected chi connectivity index (χ0v) is 8.97. The molecule has 14 heavy (non-hydrogen) atoms. The molecule has 2 N–H and O–H groups in total. The van der Waals surface area contributed by atoms with E-state index in [0.717, 1.165) is 14.9 Å². The number of anilines is 1. The van der Waals surface area contributed by atoms with Crippen LogP contribution >= 0.6 is 23.3 Å². The van der Waals surface area contributed by atoms with Crippen LogP contribution in [0.4, 0.5) is 5.82 Å². The van der Waals surface area contributed by atoms with E-state index in [0.29, 0.717) is 5.82 Å². The Morgan fingerprint density at radius 1 is 1.29 bits per heavy atom. The third-order valence-electron chi connectivity index (χ3n) is 1.60. The van der Waals surface area contributed by atoms with Crippen LogP contribution in [0.3, 0.4) is 0 Å². The predicted octanol–water partition coefficient (Wildman–Crippen LogP) is 1.37. The number of nitrogens with zero attached hydrogens (tertiary/aromatic N) is 4. The number of hydrogen-bond donors (Lipinski definition) is 1. The van der Waals surface area contributed by atoms with Crippen LogP contribution in [0.5, 0.6) is 0 Å². The van der Waals surface area contributed by atoms with Crippen LogP contribution in [0, 0.1) is 6.92 Å². The van der Waals surface area contributed by atoms with Crippen LogP contribution in [0.2, 0.25) is 0 Å². The van der Waals surface area contributed by atoms with Gasteiger partial charge in [0.2, 0.25) is 0 Å². The Hall–Kier alpha value is -1.21. The van der Waals surface area contributed by atoms with Gasteiger partial charge >= 0.3 is 0 Å². The highest BCUT2D eigenvalue weighted by Crippen LogP contribution is 2.29. The monoisotopic (exact) mass is 225 g/mol. The second-order valence-corrected chi connectivity index (χ2v) is 4.51. The molecule has 0 saturated carbocycles. The summed E-state index contributed by atoms with van der Waals surface area (Å²) in [5.41, 5.74) is 6.53. The summed E-state index contributed by atoms with van der Waals surface area (Å²) in [4.78, 5) is 12.1. The number of rotatable bonds is 2. The van der Waals surface area contributed by atoms with Crippen molar-refractivity contribution in [2.24, 2.45) is 0 Å². The second kappa shape index (κ2) is 3.89. The molecule has 2 heterocycles. The summed E-state index contributed by atoms with van der Waals surface area (Å²) < 4.78 is 4.76. The van der Waals surface area contributed by atoms with Gasteiger partial charge in [0.15, 0.2) is 4.34 Å². The minimum Gasteiger partial charge on any atom is -0.383 e. The Balaban J connectivity index is 2.29. The van der Waals surface area contributed by atoms with Crippen LogP contribution in [0.15, 0.2) is 22.0 Å². The van der Waals surface area contributed by atoms with Crippen LogP contribution in [0.25, 0.3) is 0 Å². The number of hydrogen-bond acceptors (Lipinski definition) is 7. The molecule has 2 aromatic heterocycles. The minimum absolute atomic E-state index is 0.506. The third-order valence-corrected chi connectivity index (χ3v) is 3.42. The average molecular weight is 225 g/mol. The molecular formula is C7H7N5S2. The molecule has 0 aliphatic carbocycles. The molecule has 0 spiro atoms. The molecule has 0 bridgehead atoms. The first-order valence-corrected chi connectivity index (χ1v) is 5.38. The molecule has 5 nitrogen and oxygen atoms in total. The van der Waals surface area contributed by atoms with Crippen LogP contribution in [0.1, 0.15) is 5.56 Å². The normalized spacial score (nSPS) is 10.4. The first-order valence-electron chi connectivity index (χ1n) is 3.79. The van der Waals surface area contributed by atoms with E-state index in [2.05, 4.69) is 19.3 Å². The smallest absolute Gasteiger partial charge is 0.176 e. The first-order chi connectivity index (χ1) is 6.77. The van der Waals surface area contributed by atoms with Crippen molar-refractivity contribution in [2.75, 3.05) is 5.73 Å². The van der Waals surface area contributed by atoms with Gasteiger partial charge in [-0.2, -0.15) is 4.37 Å². The Morgan fingerprint density at radius 2 is 2.14 bits per heavy atom. The van der Waals surface area contributed by atoms with E-state index in [1.165, 1.54) is 35.9 Å². The topological polar surface area (TPSA) is 77.6 Å². The molecule has 0 amide bonds. The van der Waals surface area contributed by atoms with Gasteiger partial charge in [0.05, 0.1) is 0 Å². The van der Waals surface area contributed by atoms with E-state index < -0.39 is 0 Å². The Labute approximate surface area is 89.0 Å². The zero-order valence-electron chi connectivity index (χ0n) is 7.34. The molecule has 2 aromatic rings. The molecule has 0 aliphatic heterocycles. The third kappa shape index (κ3) is 1.83. The van der Waals surface area contributed by atoms with Crippen molar-refractivity contribution in [2.45, 2.75) is 16.3 Å². The highest BCUT2D eigenvalue weighted by molar-refractivity contribution is 8.00. The van der Waals surface area contributed by atoms with E-state index in [9.17, 15) is 0 Å². The van der Waals surface area contributed by atoms with Gasteiger partial charge in [-0.05, 0) is 30.2 Å². The summed E-state index contributed by atoms with van der Waals surface area (Å²) in [5.74, 6) is 0.506. The molecule has 7 heteroatoms. The fraction of sp³-hybridized carbons (Fsp3) is 0.143. The van der Waals surface area contributed by atoms with Gasteiger partial charge in [-0.3, -0.25) is 0 Å². The predicted molar refractivity (Wildman–Crippen MR) is 55.2 cm³/mol. The molecule has 0 atom stereocenters. The molecule has 0 radical (unpaired) electrons. The summed E-state index contributed by atoms with van der Waals surface area (Å²) in [6.45, 7) is 1.89. The van der Waals surface area contributed by atoms with Crippen molar-refractivity contribution in [3.05, 3.63) is 18.2 Å². The summed E-state index contributed by atoms with van der Waals surface area (Å²) in [6, 6.07) is 0. The van der Waals surface area contributed by atoms with E-state index in [1.807, 2.05) is 6.92 Å². The highest BCUT2D eigenvalue weighted by Gasteiger charge is 2.07. The maximum absolute atomic E-state index is 5.65. The Kier molecular flexibility index (Phi) is 2.60. The van der Waals surface area contributed by atoms with Gasteiger partial charge in [0, 0.05) is 5.56 Å². The van der Waals surface area contributed by atoms with E-state index >= 15 is 0 Å². The maximum atomic E-state index is 5.65. The van der Waals surface area contributed by atoms with Gasteiger partial charge in [0.25, 0.3) is 0 Å². The molecule has 72 valence electrons. The van der Waals surface area contributed by atoms with Gasteiger partial charge < -0.3 is 5.73 Å². The van der Waals surface area contributed by atoms with Crippen LogP contribution < -0.4 is 5.73 Å². The molecule has 0 fully saturated rings. The Morgan fingerprint density at radius 3 is 2.86 bits per heavy atom. The van der Waals surface area contributed by atoms with Crippen molar-refractivity contribution < 1.29 is 0 Å². The maximum Gasteiger partial charge on any atom is 0.176 e. The molecule has 0 aromatic carbocycles. The largest absolute Gasteiger partial charge is 0.383 e. The lowest BCUT2D eigenvalue weighted by Crippen LogP contribution is -1.97. The Bertz CT molecular complexity index is 428. The van der Waals surface area contributed by atoms with Gasteiger partial charge in [-0.1, -0.05) is 0 Å².